The van der Waals surface area contributed by atoms with Gasteiger partial charge in [-0.3, -0.25) is 0 Å². The molecule has 0 saturated heterocycles. The van der Waals surface area contributed by atoms with Gasteiger partial charge in [0, 0.05) is 6.07 Å². The van der Waals surface area contributed by atoms with Gasteiger partial charge in [-0.25, -0.2) is 0 Å². The standard InChI is InChI=1S/C11H20N2O/c1-5-9(12)10-6-8(13-14-10)7-11(2,3)4/h6,9H,5,7,12H2,1-4H3. The first-order valence-electron chi connectivity index (χ1n) is 5.13. The third kappa shape index (κ3) is 3.14. The average molecular weight is 196 g/mol. The van der Waals surface area contributed by atoms with E-state index < -0.39 is 0 Å². The summed E-state index contributed by atoms with van der Waals surface area (Å²) < 4.78 is 5.19. The van der Waals surface area contributed by atoms with E-state index in [4.69, 9.17) is 10.3 Å². The van der Waals surface area contributed by atoms with Crippen LogP contribution in [0.4, 0.5) is 0 Å². The molecule has 0 spiro atoms. The van der Waals surface area contributed by atoms with Crippen molar-refractivity contribution in [2.75, 3.05) is 0 Å². The molecule has 0 radical (unpaired) electrons. The second-order valence-corrected chi connectivity index (χ2v) is 4.97. The monoisotopic (exact) mass is 196 g/mol. The fourth-order valence-electron chi connectivity index (χ4n) is 1.33. The van der Waals surface area contributed by atoms with Crippen LogP contribution in [0, 0.1) is 5.41 Å². The smallest absolute Gasteiger partial charge is 0.153 e. The zero-order chi connectivity index (χ0) is 10.8. The minimum atomic E-state index is -0.0174. The van der Waals surface area contributed by atoms with Gasteiger partial charge in [0.25, 0.3) is 0 Å². The molecule has 1 heterocycles. The van der Waals surface area contributed by atoms with E-state index in [1.165, 1.54) is 0 Å². The molecule has 0 amide bonds. The molecule has 3 nitrogen and oxygen atoms in total. The normalized spacial score (nSPS) is 14.4. The van der Waals surface area contributed by atoms with Crippen molar-refractivity contribution in [3.63, 3.8) is 0 Å². The van der Waals surface area contributed by atoms with Gasteiger partial charge in [-0.1, -0.05) is 32.9 Å². The molecule has 0 aliphatic rings. The summed E-state index contributed by atoms with van der Waals surface area (Å²) in [6, 6.07) is 1.95. The SMILES string of the molecule is CCC(N)c1cc(CC(C)(C)C)no1. The van der Waals surface area contributed by atoms with Crippen LogP contribution in [0.2, 0.25) is 0 Å². The summed E-state index contributed by atoms with van der Waals surface area (Å²) in [5, 5.41) is 4.02. The van der Waals surface area contributed by atoms with Crippen LogP contribution in [-0.4, -0.2) is 5.16 Å². The molecular weight excluding hydrogens is 176 g/mol. The minimum Gasteiger partial charge on any atom is -0.359 e. The maximum atomic E-state index is 5.84. The number of hydrogen-bond acceptors (Lipinski definition) is 3. The lowest BCUT2D eigenvalue weighted by Gasteiger charge is -2.15. The maximum absolute atomic E-state index is 5.84. The molecule has 3 heteroatoms. The molecular formula is C11H20N2O. The van der Waals surface area contributed by atoms with Crippen molar-refractivity contribution in [2.24, 2.45) is 11.1 Å². The number of nitrogens with zero attached hydrogens (tertiary/aromatic N) is 1. The van der Waals surface area contributed by atoms with E-state index >= 15 is 0 Å². The largest absolute Gasteiger partial charge is 0.359 e. The zero-order valence-corrected chi connectivity index (χ0v) is 9.50. The number of hydrogen-bond donors (Lipinski definition) is 1. The lowest BCUT2D eigenvalue weighted by molar-refractivity contribution is 0.340. The lowest BCUT2D eigenvalue weighted by atomic mass is 9.90. The summed E-state index contributed by atoms with van der Waals surface area (Å²) in [5.41, 5.74) is 7.07. The molecule has 1 unspecified atom stereocenters. The Labute approximate surface area is 85.7 Å². The molecule has 0 aliphatic carbocycles. The van der Waals surface area contributed by atoms with Gasteiger partial charge < -0.3 is 10.3 Å². The minimum absolute atomic E-state index is 0.0174. The third-order valence-corrected chi connectivity index (χ3v) is 2.09. The fourth-order valence-corrected chi connectivity index (χ4v) is 1.33. The highest BCUT2D eigenvalue weighted by molar-refractivity contribution is 5.10. The Kier molecular flexibility index (Phi) is 3.32. The van der Waals surface area contributed by atoms with Crippen molar-refractivity contribution in [2.45, 2.75) is 46.6 Å². The quantitative estimate of drug-likeness (QED) is 0.808. The first-order chi connectivity index (χ1) is 6.42. The third-order valence-electron chi connectivity index (χ3n) is 2.09. The molecule has 1 aromatic rings. The summed E-state index contributed by atoms with van der Waals surface area (Å²) in [4.78, 5) is 0. The van der Waals surface area contributed by atoms with E-state index in [1.54, 1.807) is 0 Å². The number of nitrogens with two attached hydrogens (primary N) is 1. The van der Waals surface area contributed by atoms with E-state index in [0.717, 1.165) is 24.3 Å². The van der Waals surface area contributed by atoms with Gasteiger partial charge in [0.1, 0.15) is 0 Å². The molecule has 2 N–H and O–H groups in total. The zero-order valence-electron chi connectivity index (χ0n) is 9.50. The van der Waals surface area contributed by atoms with E-state index in [-0.39, 0.29) is 11.5 Å². The maximum Gasteiger partial charge on any atom is 0.153 e. The van der Waals surface area contributed by atoms with Crippen LogP contribution in [0.5, 0.6) is 0 Å². The summed E-state index contributed by atoms with van der Waals surface area (Å²) >= 11 is 0. The number of aromatic nitrogens is 1. The van der Waals surface area contributed by atoms with Crippen LogP contribution in [0.15, 0.2) is 10.6 Å². The van der Waals surface area contributed by atoms with Crippen molar-refractivity contribution in [1.29, 1.82) is 0 Å². The molecule has 80 valence electrons. The second kappa shape index (κ2) is 4.13. The predicted octanol–water partition coefficient (Wildman–Crippen LogP) is 2.67. The Hall–Kier alpha value is -0.830. The van der Waals surface area contributed by atoms with Crippen LogP contribution in [-0.2, 0) is 6.42 Å². The van der Waals surface area contributed by atoms with Crippen molar-refractivity contribution in [3.05, 3.63) is 17.5 Å². The Morgan fingerprint density at radius 1 is 1.50 bits per heavy atom. The van der Waals surface area contributed by atoms with Gasteiger partial charge in [-0.15, -0.1) is 0 Å². The molecule has 0 saturated carbocycles. The van der Waals surface area contributed by atoms with Crippen LogP contribution in [0.1, 0.15) is 51.6 Å². The molecule has 0 aromatic carbocycles. The average Bonchev–Trinajstić information content (AvgIpc) is 2.48. The molecule has 1 atom stereocenters. The molecule has 0 aliphatic heterocycles. The van der Waals surface area contributed by atoms with Crippen molar-refractivity contribution < 1.29 is 4.52 Å². The number of rotatable bonds is 3. The molecule has 0 fully saturated rings. The molecule has 14 heavy (non-hydrogen) atoms. The summed E-state index contributed by atoms with van der Waals surface area (Å²) in [7, 11) is 0. The molecule has 0 bridgehead atoms. The van der Waals surface area contributed by atoms with Crippen molar-refractivity contribution >= 4 is 0 Å². The van der Waals surface area contributed by atoms with E-state index in [2.05, 4.69) is 25.9 Å². The Morgan fingerprint density at radius 3 is 2.64 bits per heavy atom. The molecule has 1 aromatic heterocycles. The summed E-state index contributed by atoms with van der Waals surface area (Å²) in [6.45, 7) is 8.58. The topological polar surface area (TPSA) is 52.0 Å². The van der Waals surface area contributed by atoms with Gasteiger partial charge in [-0.2, -0.15) is 0 Å². The van der Waals surface area contributed by atoms with Gasteiger partial charge >= 0.3 is 0 Å². The van der Waals surface area contributed by atoms with Crippen molar-refractivity contribution in [1.82, 2.24) is 5.16 Å². The van der Waals surface area contributed by atoms with Crippen LogP contribution < -0.4 is 5.73 Å². The summed E-state index contributed by atoms with van der Waals surface area (Å²) in [6.07, 6.45) is 1.80. The van der Waals surface area contributed by atoms with Gasteiger partial charge in [-0.05, 0) is 18.3 Å². The van der Waals surface area contributed by atoms with Crippen molar-refractivity contribution in [3.8, 4) is 0 Å². The first kappa shape index (κ1) is 11.2. The predicted molar refractivity (Wildman–Crippen MR) is 56.9 cm³/mol. The Balaban J connectivity index is 2.69. The lowest BCUT2D eigenvalue weighted by Crippen LogP contribution is -2.09. The first-order valence-corrected chi connectivity index (χ1v) is 5.13. The van der Waals surface area contributed by atoms with Gasteiger partial charge in [0.05, 0.1) is 11.7 Å². The highest BCUT2D eigenvalue weighted by Crippen LogP contribution is 2.22. The Morgan fingerprint density at radius 2 is 2.14 bits per heavy atom. The fraction of sp³-hybridized carbons (Fsp3) is 0.727. The van der Waals surface area contributed by atoms with E-state index in [1.807, 2.05) is 13.0 Å². The summed E-state index contributed by atoms with van der Waals surface area (Å²) in [5.74, 6) is 0.798. The highest BCUT2D eigenvalue weighted by Gasteiger charge is 2.16. The highest BCUT2D eigenvalue weighted by atomic mass is 16.5. The van der Waals surface area contributed by atoms with E-state index in [0.29, 0.717) is 0 Å². The Bertz CT molecular complexity index is 286. The van der Waals surface area contributed by atoms with Crippen LogP contribution >= 0.6 is 0 Å². The van der Waals surface area contributed by atoms with Gasteiger partial charge in [0.2, 0.25) is 0 Å². The van der Waals surface area contributed by atoms with Crippen LogP contribution in [0.25, 0.3) is 0 Å². The second-order valence-electron chi connectivity index (χ2n) is 4.97. The van der Waals surface area contributed by atoms with E-state index in [9.17, 15) is 0 Å². The molecule has 1 rings (SSSR count). The van der Waals surface area contributed by atoms with Gasteiger partial charge in [0.15, 0.2) is 5.76 Å². The van der Waals surface area contributed by atoms with Crippen LogP contribution in [0.3, 0.4) is 0 Å².